The highest BCUT2D eigenvalue weighted by molar-refractivity contribution is 4.54. The molecule has 6 heteroatoms. The van der Waals surface area contributed by atoms with Crippen LogP contribution >= 0.6 is 0 Å². The third-order valence-electron chi connectivity index (χ3n) is 1.32. The number of alkyl halides is 3. The first-order valence-corrected chi connectivity index (χ1v) is 4.49. The molecule has 0 rings (SSSR count). The molecule has 0 saturated heterocycles. The van der Waals surface area contributed by atoms with E-state index in [1.807, 2.05) is 6.92 Å². The Morgan fingerprint density at radius 3 is 2.29 bits per heavy atom. The maximum Gasteiger partial charge on any atom is 0.401 e. The van der Waals surface area contributed by atoms with Crippen molar-refractivity contribution in [2.75, 3.05) is 39.5 Å². The van der Waals surface area contributed by atoms with Crippen molar-refractivity contribution in [3.63, 3.8) is 0 Å². The average Bonchev–Trinajstić information content (AvgIpc) is 2.08. The second kappa shape index (κ2) is 8.02. The van der Waals surface area contributed by atoms with Crippen LogP contribution in [0.5, 0.6) is 0 Å². The quantitative estimate of drug-likeness (QED) is 0.617. The number of halogens is 3. The molecule has 0 aromatic carbocycles. The Hall–Kier alpha value is -0.330. The molecular formula is C8H16F3NO2. The van der Waals surface area contributed by atoms with Gasteiger partial charge >= 0.3 is 6.18 Å². The molecular weight excluding hydrogens is 199 g/mol. The molecule has 0 radical (unpaired) electrons. The summed E-state index contributed by atoms with van der Waals surface area (Å²) >= 11 is 0. The van der Waals surface area contributed by atoms with Gasteiger partial charge in [0.25, 0.3) is 0 Å². The standard InChI is InChI=1S/C8H16F3NO2/c1-2-13-5-6-14-4-3-12-7-8(9,10)11/h12H,2-7H2,1H3. The predicted molar refractivity (Wildman–Crippen MR) is 46.2 cm³/mol. The van der Waals surface area contributed by atoms with Crippen LogP contribution in [-0.2, 0) is 9.47 Å². The van der Waals surface area contributed by atoms with Gasteiger partial charge in [-0.1, -0.05) is 0 Å². The number of nitrogens with one attached hydrogen (secondary N) is 1. The summed E-state index contributed by atoms with van der Waals surface area (Å²) in [6.45, 7) is 2.88. The highest BCUT2D eigenvalue weighted by Crippen LogP contribution is 2.11. The molecule has 14 heavy (non-hydrogen) atoms. The first-order chi connectivity index (χ1) is 6.56. The number of hydrogen-bond donors (Lipinski definition) is 1. The Balaban J connectivity index is 2.99. The van der Waals surface area contributed by atoms with Gasteiger partial charge in [0.2, 0.25) is 0 Å². The fraction of sp³-hybridized carbons (Fsp3) is 1.00. The van der Waals surface area contributed by atoms with E-state index >= 15 is 0 Å². The molecule has 0 aromatic heterocycles. The fourth-order valence-corrected chi connectivity index (χ4v) is 0.739. The first-order valence-electron chi connectivity index (χ1n) is 4.49. The van der Waals surface area contributed by atoms with Crippen molar-refractivity contribution >= 4 is 0 Å². The smallest absolute Gasteiger partial charge is 0.379 e. The zero-order valence-corrected chi connectivity index (χ0v) is 8.19. The SMILES string of the molecule is CCOCCOCCNCC(F)(F)F. The van der Waals surface area contributed by atoms with Crippen LogP contribution in [0.2, 0.25) is 0 Å². The van der Waals surface area contributed by atoms with E-state index in [1.165, 1.54) is 0 Å². The van der Waals surface area contributed by atoms with Crippen LogP contribution in [0.15, 0.2) is 0 Å². The first kappa shape index (κ1) is 13.7. The van der Waals surface area contributed by atoms with E-state index in [1.54, 1.807) is 0 Å². The van der Waals surface area contributed by atoms with Crippen molar-refractivity contribution in [1.82, 2.24) is 5.32 Å². The third-order valence-corrected chi connectivity index (χ3v) is 1.32. The van der Waals surface area contributed by atoms with E-state index < -0.39 is 12.7 Å². The highest BCUT2D eigenvalue weighted by atomic mass is 19.4. The molecule has 1 N–H and O–H groups in total. The van der Waals surface area contributed by atoms with Crippen LogP contribution < -0.4 is 5.32 Å². The largest absolute Gasteiger partial charge is 0.401 e. The lowest BCUT2D eigenvalue weighted by Crippen LogP contribution is -2.31. The van der Waals surface area contributed by atoms with Crippen LogP contribution in [0.3, 0.4) is 0 Å². The molecule has 0 aromatic rings. The molecule has 0 heterocycles. The molecule has 0 saturated carbocycles. The van der Waals surface area contributed by atoms with Gasteiger partial charge in [-0.3, -0.25) is 0 Å². The Morgan fingerprint density at radius 2 is 1.71 bits per heavy atom. The topological polar surface area (TPSA) is 30.5 Å². The fourth-order valence-electron chi connectivity index (χ4n) is 0.739. The summed E-state index contributed by atoms with van der Waals surface area (Å²) in [5.74, 6) is 0. The van der Waals surface area contributed by atoms with Crippen molar-refractivity contribution in [1.29, 1.82) is 0 Å². The summed E-state index contributed by atoms with van der Waals surface area (Å²) in [6.07, 6.45) is -4.15. The highest BCUT2D eigenvalue weighted by Gasteiger charge is 2.25. The second-order valence-electron chi connectivity index (χ2n) is 2.60. The lowest BCUT2D eigenvalue weighted by atomic mass is 10.6. The van der Waals surface area contributed by atoms with Crippen molar-refractivity contribution in [3.05, 3.63) is 0 Å². The van der Waals surface area contributed by atoms with E-state index in [-0.39, 0.29) is 13.2 Å². The minimum absolute atomic E-state index is 0.200. The average molecular weight is 215 g/mol. The van der Waals surface area contributed by atoms with Crippen LogP contribution in [-0.4, -0.2) is 45.7 Å². The molecule has 0 atom stereocenters. The predicted octanol–water partition coefficient (Wildman–Crippen LogP) is 1.19. The van der Waals surface area contributed by atoms with E-state index in [0.717, 1.165) is 0 Å². The Bertz CT molecular complexity index is 130. The number of rotatable bonds is 8. The van der Waals surface area contributed by atoms with Crippen molar-refractivity contribution in [2.45, 2.75) is 13.1 Å². The molecule has 0 bridgehead atoms. The molecule has 0 spiro atoms. The van der Waals surface area contributed by atoms with Crippen molar-refractivity contribution in [3.8, 4) is 0 Å². The lowest BCUT2D eigenvalue weighted by Gasteiger charge is -2.08. The van der Waals surface area contributed by atoms with Gasteiger partial charge in [0.15, 0.2) is 0 Å². The van der Waals surface area contributed by atoms with Gasteiger partial charge in [-0.05, 0) is 6.92 Å². The molecule has 0 aliphatic rings. The third kappa shape index (κ3) is 11.7. The van der Waals surface area contributed by atoms with Crippen LogP contribution in [0.4, 0.5) is 13.2 Å². The zero-order valence-electron chi connectivity index (χ0n) is 8.19. The van der Waals surface area contributed by atoms with Crippen LogP contribution in [0.25, 0.3) is 0 Å². The monoisotopic (exact) mass is 215 g/mol. The van der Waals surface area contributed by atoms with Gasteiger partial charge in [0.1, 0.15) is 0 Å². The lowest BCUT2D eigenvalue weighted by molar-refractivity contribution is -0.125. The summed E-state index contributed by atoms with van der Waals surface area (Å²) < 4.78 is 44.8. The van der Waals surface area contributed by atoms with E-state index in [0.29, 0.717) is 19.8 Å². The van der Waals surface area contributed by atoms with Gasteiger partial charge in [-0.2, -0.15) is 13.2 Å². The minimum Gasteiger partial charge on any atom is -0.379 e. The summed E-state index contributed by atoms with van der Waals surface area (Å²) in [6, 6.07) is 0. The maximum absolute atomic E-state index is 11.6. The van der Waals surface area contributed by atoms with E-state index in [4.69, 9.17) is 9.47 Å². The van der Waals surface area contributed by atoms with Crippen LogP contribution in [0, 0.1) is 0 Å². The summed E-state index contributed by atoms with van der Waals surface area (Å²) in [4.78, 5) is 0. The van der Waals surface area contributed by atoms with Gasteiger partial charge in [-0.25, -0.2) is 0 Å². The Labute approximate surface area is 81.6 Å². The maximum atomic E-state index is 11.6. The normalized spacial score (nSPS) is 12.0. The Kier molecular flexibility index (Phi) is 7.83. The molecule has 0 amide bonds. The van der Waals surface area contributed by atoms with Gasteiger partial charge in [0, 0.05) is 13.2 Å². The van der Waals surface area contributed by atoms with E-state index in [9.17, 15) is 13.2 Å². The van der Waals surface area contributed by atoms with Gasteiger partial charge in [0.05, 0.1) is 26.4 Å². The molecule has 0 aliphatic carbocycles. The van der Waals surface area contributed by atoms with Crippen LogP contribution in [0.1, 0.15) is 6.92 Å². The molecule has 0 fully saturated rings. The van der Waals surface area contributed by atoms with Gasteiger partial charge in [-0.15, -0.1) is 0 Å². The van der Waals surface area contributed by atoms with E-state index in [2.05, 4.69) is 5.32 Å². The molecule has 86 valence electrons. The number of hydrogen-bond acceptors (Lipinski definition) is 3. The van der Waals surface area contributed by atoms with Crippen molar-refractivity contribution in [2.24, 2.45) is 0 Å². The minimum atomic E-state index is -4.15. The number of ether oxygens (including phenoxy) is 2. The van der Waals surface area contributed by atoms with Crippen molar-refractivity contribution < 1.29 is 22.6 Å². The second-order valence-corrected chi connectivity index (χ2v) is 2.60. The Morgan fingerprint density at radius 1 is 1.07 bits per heavy atom. The zero-order chi connectivity index (χ0) is 10.9. The summed E-state index contributed by atoms with van der Waals surface area (Å²) in [5, 5.41) is 2.23. The molecule has 0 aliphatic heterocycles. The van der Waals surface area contributed by atoms with Gasteiger partial charge < -0.3 is 14.8 Å². The molecule has 0 unspecified atom stereocenters. The summed E-state index contributed by atoms with van der Waals surface area (Å²) in [5.41, 5.74) is 0. The summed E-state index contributed by atoms with van der Waals surface area (Å²) in [7, 11) is 0. The molecule has 3 nitrogen and oxygen atoms in total.